The van der Waals surface area contributed by atoms with Crippen LogP contribution in [0.2, 0.25) is 0 Å². The number of hydrogen-bond donors (Lipinski definition) is 1. The molecule has 4 heterocycles. The van der Waals surface area contributed by atoms with Crippen molar-refractivity contribution in [2.45, 2.75) is 61.3 Å². The van der Waals surface area contributed by atoms with Crippen LogP contribution in [-0.2, 0) is 20.7 Å². The summed E-state index contributed by atoms with van der Waals surface area (Å²) in [6, 6.07) is 18.1. The topological polar surface area (TPSA) is 82.2 Å². The van der Waals surface area contributed by atoms with E-state index in [0.29, 0.717) is 26.2 Å². The van der Waals surface area contributed by atoms with Crippen LogP contribution in [0.15, 0.2) is 54.6 Å². The first-order valence-corrected chi connectivity index (χ1v) is 15.1. The first-order chi connectivity index (χ1) is 19.1. The lowest BCUT2D eigenvalue weighted by atomic mass is 10.0. The predicted molar refractivity (Wildman–Crippen MR) is 153 cm³/mol. The van der Waals surface area contributed by atoms with Crippen molar-refractivity contribution >= 4 is 35.3 Å². The molecule has 3 saturated heterocycles. The fourth-order valence-electron chi connectivity index (χ4n) is 6.25. The molecule has 3 fully saturated rings. The number of rotatable bonds is 6. The lowest BCUT2D eigenvalue weighted by molar-refractivity contribution is -0.137. The van der Waals surface area contributed by atoms with Gasteiger partial charge in [0.1, 0.15) is 5.37 Å². The zero-order valence-corrected chi connectivity index (χ0v) is 23.0. The third-order valence-electron chi connectivity index (χ3n) is 8.40. The normalized spacial score (nSPS) is 25.9. The number of para-hydroxylation sites is 1. The van der Waals surface area contributed by atoms with Gasteiger partial charge in [0.05, 0.1) is 11.4 Å². The zero-order chi connectivity index (χ0) is 26.8. The second-order valence-corrected chi connectivity index (χ2v) is 12.1. The van der Waals surface area contributed by atoms with Crippen molar-refractivity contribution in [3.8, 4) is 0 Å². The molecule has 0 radical (unpaired) electrons. The molecule has 6 rings (SSSR count). The van der Waals surface area contributed by atoms with E-state index in [1.165, 1.54) is 0 Å². The number of urea groups is 1. The maximum atomic E-state index is 13.5. The number of ether oxygens (including phenoxy) is 1. The molecule has 9 heteroatoms. The Morgan fingerprint density at radius 2 is 1.77 bits per heavy atom. The Hall–Kier alpha value is -3.04. The summed E-state index contributed by atoms with van der Waals surface area (Å²) in [4.78, 5) is 45.6. The first kappa shape index (κ1) is 26.2. The second-order valence-electron chi connectivity index (χ2n) is 10.9. The number of nitrogens with zero attached hydrogens (tertiary/aromatic N) is 3. The molecule has 3 unspecified atom stereocenters. The molecule has 39 heavy (non-hydrogen) atoms. The summed E-state index contributed by atoms with van der Waals surface area (Å²) in [5, 5.41) is 2.57. The van der Waals surface area contributed by atoms with Crippen molar-refractivity contribution < 1.29 is 20.5 Å². The second kappa shape index (κ2) is 11.6. The summed E-state index contributed by atoms with van der Waals surface area (Å²) in [7, 11) is 0. The lowest BCUT2D eigenvalue weighted by Crippen LogP contribution is -2.50. The number of amides is 4. The molecule has 2 aromatic rings. The van der Waals surface area contributed by atoms with Crippen LogP contribution in [0.3, 0.4) is 0 Å². The summed E-state index contributed by atoms with van der Waals surface area (Å²) in [5.41, 5.74) is 3.13. The molecule has 0 aliphatic carbocycles. The summed E-state index contributed by atoms with van der Waals surface area (Å²) in [5.74, 6) is 0.0613. The molecule has 4 amide bonds. The molecule has 208 valence electrons. The molecule has 0 aromatic heterocycles. The van der Waals surface area contributed by atoms with Gasteiger partial charge in [-0.2, -0.15) is 0 Å². The minimum absolute atomic E-state index is 0. The van der Waals surface area contributed by atoms with E-state index in [0.717, 1.165) is 55.5 Å². The monoisotopic (exact) mass is 550 g/mol. The van der Waals surface area contributed by atoms with Gasteiger partial charge in [-0.25, -0.2) is 4.79 Å². The molecule has 3 atom stereocenters. The predicted octanol–water partition coefficient (Wildman–Crippen LogP) is 4.53. The minimum Gasteiger partial charge on any atom is -0.376 e. The average Bonchev–Trinajstić information content (AvgIpc) is 3.54. The van der Waals surface area contributed by atoms with Gasteiger partial charge in [-0.1, -0.05) is 48.5 Å². The van der Waals surface area contributed by atoms with Crippen LogP contribution in [0, 0.1) is 0 Å². The van der Waals surface area contributed by atoms with E-state index in [4.69, 9.17) is 4.74 Å². The summed E-state index contributed by atoms with van der Waals surface area (Å²) in [6.45, 7) is 3.21. The third-order valence-corrected chi connectivity index (χ3v) is 9.88. The molecule has 4 aliphatic heterocycles. The number of piperidine rings is 1. The Morgan fingerprint density at radius 1 is 1.00 bits per heavy atom. The van der Waals surface area contributed by atoms with Gasteiger partial charge in [-0.05, 0) is 49.3 Å². The van der Waals surface area contributed by atoms with E-state index in [1.54, 1.807) is 11.8 Å². The maximum absolute atomic E-state index is 13.5. The molecule has 4 aliphatic rings. The molecule has 0 spiro atoms. The number of hydrogen-bond acceptors (Lipinski definition) is 5. The van der Waals surface area contributed by atoms with Crippen LogP contribution in [-0.4, -0.2) is 82.7 Å². The van der Waals surface area contributed by atoms with Gasteiger partial charge < -0.3 is 24.8 Å². The Kier molecular flexibility index (Phi) is 7.79. The fraction of sp³-hybridized carbons (Fsp3) is 0.500. The van der Waals surface area contributed by atoms with Crippen molar-refractivity contribution in [1.82, 2.24) is 14.7 Å². The van der Waals surface area contributed by atoms with Crippen molar-refractivity contribution in [2.24, 2.45) is 0 Å². The third kappa shape index (κ3) is 5.65. The molecular weight excluding hydrogens is 512 g/mol. The van der Waals surface area contributed by atoms with Crippen molar-refractivity contribution in [2.75, 3.05) is 38.1 Å². The number of anilines is 1. The van der Waals surface area contributed by atoms with E-state index in [9.17, 15) is 14.4 Å². The van der Waals surface area contributed by atoms with Crippen molar-refractivity contribution in [3.05, 3.63) is 65.7 Å². The van der Waals surface area contributed by atoms with Crippen molar-refractivity contribution in [1.29, 1.82) is 0 Å². The summed E-state index contributed by atoms with van der Waals surface area (Å²) < 4.78 is 5.84. The number of fused-ring (bicyclic) bond motifs is 1. The highest BCUT2D eigenvalue weighted by Gasteiger charge is 2.44. The van der Waals surface area contributed by atoms with Gasteiger partial charge in [0.2, 0.25) is 11.8 Å². The number of carbonyl (C=O) groups excluding carboxylic acids is 3. The van der Waals surface area contributed by atoms with E-state index in [1.807, 2.05) is 51.1 Å². The number of carbonyl (C=O) groups is 3. The largest absolute Gasteiger partial charge is 0.376 e. The van der Waals surface area contributed by atoms with E-state index in [-0.39, 0.29) is 43.2 Å². The Labute approximate surface area is 235 Å². The minimum atomic E-state index is -0.392. The number of nitrogens with one attached hydrogen (secondary N) is 1. The molecule has 8 nitrogen and oxygen atoms in total. The summed E-state index contributed by atoms with van der Waals surface area (Å²) >= 11 is 1.59. The standard InChI is InChI=1S/C30H36N4O4S.H2/c35-27(32-15-13-23(14-16-32)33-17-12-21-7-4-5-11-25(21)31-30(33)37)19-26-28(36)34(20-24-10-6-18-38-24)29(39-26)22-8-2-1-3-9-22;/h1-5,7-9,11,23-24,26,29H,6,10,12-20H2,(H,31,37);1H. The van der Waals surface area contributed by atoms with Crippen LogP contribution in [0.4, 0.5) is 10.5 Å². The van der Waals surface area contributed by atoms with Crippen LogP contribution >= 0.6 is 11.8 Å². The quantitative estimate of drug-likeness (QED) is 0.572. The maximum Gasteiger partial charge on any atom is 0.322 e. The van der Waals surface area contributed by atoms with E-state index in [2.05, 4.69) is 23.5 Å². The SMILES string of the molecule is O=C(CC1SC(c2ccccc2)N(CC2CCCO2)C1=O)N1CCC(N2CCc3ccccc3NC2=O)CC1.[HH]. The van der Waals surface area contributed by atoms with Gasteiger partial charge in [0, 0.05) is 52.4 Å². The van der Waals surface area contributed by atoms with Crippen molar-refractivity contribution in [3.63, 3.8) is 0 Å². The van der Waals surface area contributed by atoms with Crippen LogP contribution in [0.25, 0.3) is 0 Å². The van der Waals surface area contributed by atoms with Gasteiger partial charge in [-0.15, -0.1) is 11.8 Å². The lowest BCUT2D eigenvalue weighted by Gasteiger charge is -2.38. The molecule has 2 aromatic carbocycles. The van der Waals surface area contributed by atoms with Gasteiger partial charge in [0.15, 0.2) is 0 Å². The molecular formula is C30H38N4O4S. The Morgan fingerprint density at radius 3 is 2.54 bits per heavy atom. The zero-order valence-electron chi connectivity index (χ0n) is 22.2. The highest BCUT2D eigenvalue weighted by molar-refractivity contribution is 8.01. The van der Waals surface area contributed by atoms with Crippen LogP contribution in [0.5, 0.6) is 0 Å². The Balaban J connectivity index is 0.00000323. The smallest absolute Gasteiger partial charge is 0.322 e. The summed E-state index contributed by atoms with van der Waals surface area (Å²) in [6.07, 6.45) is 4.59. The molecule has 1 N–H and O–H groups in total. The number of benzene rings is 2. The van der Waals surface area contributed by atoms with Crippen LogP contribution < -0.4 is 5.32 Å². The Bertz CT molecular complexity index is 1200. The number of likely N-dealkylation sites (tertiary alicyclic amines) is 1. The first-order valence-electron chi connectivity index (χ1n) is 14.1. The number of thioether (sulfide) groups is 1. The van der Waals surface area contributed by atoms with Crippen LogP contribution in [0.1, 0.15) is 50.0 Å². The molecule has 0 bridgehead atoms. The van der Waals surface area contributed by atoms with E-state index >= 15 is 0 Å². The van der Waals surface area contributed by atoms with E-state index < -0.39 is 5.25 Å². The highest BCUT2D eigenvalue weighted by Crippen LogP contribution is 2.45. The van der Waals surface area contributed by atoms with Gasteiger partial charge >= 0.3 is 6.03 Å². The highest BCUT2D eigenvalue weighted by atomic mass is 32.2. The fourth-order valence-corrected chi connectivity index (χ4v) is 7.70. The van der Waals surface area contributed by atoms with Gasteiger partial charge in [-0.3, -0.25) is 9.59 Å². The van der Waals surface area contributed by atoms with Gasteiger partial charge in [0.25, 0.3) is 0 Å². The molecule has 0 saturated carbocycles. The average molecular weight is 551 g/mol.